The molecule has 302 valence electrons. The number of ether oxygens (including phenoxy) is 1. The molecule has 2 aromatic carbocycles. The lowest BCUT2D eigenvalue weighted by atomic mass is 9.49. The van der Waals surface area contributed by atoms with Crippen molar-refractivity contribution in [2.24, 2.45) is 16.7 Å². The molecule has 1 atom stereocenters. The first-order valence-corrected chi connectivity index (χ1v) is 20.1. The first kappa shape index (κ1) is 39.0. The highest BCUT2D eigenvalue weighted by Gasteiger charge is 2.64. The second-order valence-corrected chi connectivity index (χ2v) is 17.4. The number of hydrogen-bond acceptors (Lipinski definition) is 12. The van der Waals surface area contributed by atoms with Crippen LogP contribution in [0.15, 0.2) is 54.9 Å². The molecule has 1 unspecified atom stereocenters. The Labute approximate surface area is 337 Å². The Morgan fingerprint density at radius 3 is 2.10 bits per heavy atom. The van der Waals surface area contributed by atoms with Crippen LogP contribution in [0.3, 0.4) is 0 Å². The van der Waals surface area contributed by atoms with Gasteiger partial charge in [0.2, 0.25) is 11.8 Å². The van der Waals surface area contributed by atoms with Gasteiger partial charge in [0.1, 0.15) is 18.2 Å². The molecular weight excluding hydrogens is 739 g/mol. The third kappa shape index (κ3) is 7.14. The van der Waals surface area contributed by atoms with E-state index in [4.69, 9.17) is 10.00 Å². The minimum atomic E-state index is -0.975. The zero-order valence-corrected chi connectivity index (χ0v) is 33.4. The highest BCUT2D eigenvalue weighted by molar-refractivity contribution is 6.23. The van der Waals surface area contributed by atoms with Gasteiger partial charge in [0, 0.05) is 86.0 Å². The zero-order chi connectivity index (χ0) is 40.9. The van der Waals surface area contributed by atoms with Crippen molar-refractivity contribution in [2.45, 2.75) is 71.6 Å². The molecule has 58 heavy (non-hydrogen) atoms. The molecule has 5 heterocycles. The molecule has 8 rings (SSSR count). The topological polar surface area (TPSA) is 181 Å². The molecule has 0 spiro atoms. The summed E-state index contributed by atoms with van der Waals surface area (Å²) in [4.78, 5) is 80.5. The number of piperazine rings is 1. The molecule has 0 bridgehead atoms. The molecule has 1 aliphatic carbocycles. The molecule has 2 N–H and O–H groups in total. The number of aromatic nitrogens is 2. The van der Waals surface area contributed by atoms with E-state index >= 15 is 0 Å². The normalized spacial score (nSPS) is 24.5. The second-order valence-electron chi connectivity index (χ2n) is 17.4. The Kier molecular flexibility index (Phi) is 10.2. The lowest BCUT2D eigenvalue weighted by Crippen LogP contribution is -2.74. The lowest BCUT2D eigenvalue weighted by Gasteiger charge is -2.62. The van der Waals surface area contributed by atoms with E-state index in [1.165, 1.54) is 12.4 Å². The van der Waals surface area contributed by atoms with Gasteiger partial charge in [-0.25, -0.2) is 9.97 Å². The van der Waals surface area contributed by atoms with Gasteiger partial charge in [-0.1, -0.05) is 27.7 Å². The second kappa shape index (κ2) is 15.1. The minimum absolute atomic E-state index is 0.0901. The summed E-state index contributed by atoms with van der Waals surface area (Å²) >= 11 is 0. The maximum absolute atomic E-state index is 13.5. The molecule has 1 aromatic heterocycles. The number of benzene rings is 2. The third-order valence-electron chi connectivity index (χ3n) is 12.9. The van der Waals surface area contributed by atoms with E-state index in [0.29, 0.717) is 28.2 Å². The molecular formula is C43H49N9O6. The highest BCUT2D eigenvalue weighted by Crippen LogP contribution is 2.55. The maximum Gasteiger partial charge on any atom is 0.316 e. The molecule has 0 radical (unpaired) electrons. The number of piperidine rings is 2. The number of nitrogens with one attached hydrogen (secondary N) is 2. The Morgan fingerprint density at radius 1 is 0.845 bits per heavy atom. The molecule has 15 nitrogen and oxygen atoms in total. The number of carbonyl (C=O) groups excluding carboxylic acids is 5. The lowest BCUT2D eigenvalue weighted by molar-refractivity contribution is -0.167. The van der Waals surface area contributed by atoms with Gasteiger partial charge in [-0.3, -0.25) is 39.1 Å². The van der Waals surface area contributed by atoms with Crippen molar-refractivity contribution in [1.82, 2.24) is 30.4 Å². The summed E-state index contributed by atoms with van der Waals surface area (Å²) in [7, 11) is 0. The number of nitriles is 1. The van der Waals surface area contributed by atoms with E-state index in [9.17, 15) is 24.0 Å². The molecule has 15 heteroatoms. The average molecular weight is 788 g/mol. The van der Waals surface area contributed by atoms with Crippen molar-refractivity contribution in [3.8, 4) is 12.1 Å². The van der Waals surface area contributed by atoms with Crippen LogP contribution in [0.5, 0.6) is 6.01 Å². The Balaban J connectivity index is 0.788. The number of carbonyl (C=O) groups is 5. The number of imide groups is 2. The van der Waals surface area contributed by atoms with Crippen LogP contribution >= 0.6 is 0 Å². The third-order valence-corrected chi connectivity index (χ3v) is 12.9. The fraction of sp³-hybridized carbons (Fsp3) is 0.488. The van der Waals surface area contributed by atoms with Crippen LogP contribution in [-0.2, 0) is 9.59 Å². The number of amides is 5. The summed E-state index contributed by atoms with van der Waals surface area (Å²) < 4.78 is 6.16. The number of nitrogens with zero attached hydrogens (tertiary/aromatic N) is 7. The van der Waals surface area contributed by atoms with Crippen LogP contribution in [0.4, 0.5) is 11.4 Å². The van der Waals surface area contributed by atoms with Crippen molar-refractivity contribution in [1.29, 1.82) is 5.26 Å². The van der Waals surface area contributed by atoms with Gasteiger partial charge >= 0.3 is 6.01 Å². The van der Waals surface area contributed by atoms with Crippen molar-refractivity contribution in [3.63, 3.8) is 0 Å². The predicted octanol–water partition coefficient (Wildman–Crippen LogP) is 3.40. The van der Waals surface area contributed by atoms with Gasteiger partial charge in [0.25, 0.3) is 17.7 Å². The number of anilines is 2. The van der Waals surface area contributed by atoms with Gasteiger partial charge in [-0.05, 0) is 67.6 Å². The summed E-state index contributed by atoms with van der Waals surface area (Å²) in [5, 5.41) is 14.5. The predicted molar refractivity (Wildman–Crippen MR) is 213 cm³/mol. The van der Waals surface area contributed by atoms with Crippen molar-refractivity contribution in [2.75, 3.05) is 55.6 Å². The average Bonchev–Trinajstić information content (AvgIpc) is 3.47. The smallest absolute Gasteiger partial charge is 0.316 e. The summed E-state index contributed by atoms with van der Waals surface area (Å²) in [6, 6.07) is 14.3. The van der Waals surface area contributed by atoms with Crippen molar-refractivity contribution < 1.29 is 28.7 Å². The molecule has 5 aliphatic rings. The quantitative estimate of drug-likeness (QED) is 0.302. The minimum Gasteiger partial charge on any atom is -0.459 e. The molecule has 3 saturated heterocycles. The highest BCUT2D eigenvalue weighted by atomic mass is 16.5. The van der Waals surface area contributed by atoms with Gasteiger partial charge in [-0.15, -0.1) is 0 Å². The molecule has 4 aliphatic heterocycles. The van der Waals surface area contributed by atoms with E-state index in [1.807, 2.05) is 36.4 Å². The SMILES string of the molecule is CC1(C)C(NC(=O)c2ccc(N3CCC(CN4CCN(c5ccc6c(c5)C(=O)N(C5CCC(=O)NC5=O)C6=O)CC4)CC3)cc2)C(C)(C)C1Oc1ncc(C#N)cn1. The van der Waals surface area contributed by atoms with Gasteiger partial charge in [0.05, 0.1) is 29.1 Å². The summed E-state index contributed by atoms with van der Waals surface area (Å²) in [5.41, 5.74) is 2.80. The largest absolute Gasteiger partial charge is 0.459 e. The van der Waals surface area contributed by atoms with Gasteiger partial charge < -0.3 is 19.9 Å². The van der Waals surface area contributed by atoms with Crippen molar-refractivity contribution >= 4 is 40.9 Å². The molecule has 1 saturated carbocycles. The van der Waals surface area contributed by atoms with Crippen LogP contribution in [-0.4, -0.2) is 113 Å². The van der Waals surface area contributed by atoms with E-state index in [1.54, 1.807) is 12.1 Å². The number of fused-ring (bicyclic) bond motifs is 1. The first-order valence-electron chi connectivity index (χ1n) is 20.1. The van der Waals surface area contributed by atoms with Gasteiger partial charge in [-0.2, -0.15) is 5.26 Å². The molecule has 3 aromatic rings. The molecule has 5 amide bonds. The number of hydrogen-bond donors (Lipinski definition) is 2. The van der Waals surface area contributed by atoms with Crippen LogP contribution in [0.2, 0.25) is 0 Å². The van der Waals surface area contributed by atoms with E-state index < -0.39 is 29.7 Å². The zero-order valence-electron chi connectivity index (χ0n) is 33.4. The van der Waals surface area contributed by atoms with Crippen molar-refractivity contribution in [3.05, 3.63) is 77.1 Å². The summed E-state index contributed by atoms with van der Waals surface area (Å²) in [6.45, 7) is 14.6. The number of rotatable bonds is 9. The fourth-order valence-corrected chi connectivity index (χ4v) is 9.96. The summed E-state index contributed by atoms with van der Waals surface area (Å²) in [5.74, 6) is -1.52. The maximum atomic E-state index is 13.5. The Morgan fingerprint density at radius 2 is 1.47 bits per heavy atom. The van der Waals surface area contributed by atoms with E-state index in [0.717, 1.165) is 74.9 Å². The van der Waals surface area contributed by atoms with E-state index in [2.05, 4.69) is 63.0 Å². The van der Waals surface area contributed by atoms with Crippen LogP contribution in [0, 0.1) is 28.1 Å². The molecule has 4 fully saturated rings. The standard InChI is InChI=1S/C43H49N9O6/c1-42(2)39(43(3,4)40(42)58-41-45-23-27(22-44)24-46-41)48-35(54)28-5-7-29(8-6-28)50-15-13-26(14-16-50)25-49-17-19-51(20-18-49)30-9-10-31-32(21-30)38(57)52(37(31)56)33-11-12-34(53)47-36(33)55/h5-10,21,23-24,26,33,39-40H,11-20,25H2,1-4H3,(H,48,54)(H,47,53,55). The monoisotopic (exact) mass is 787 g/mol. The fourth-order valence-electron chi connectivity index (χ4n) is 9.96. The van der Waals surface area contributed by atoms with Crippen LogP contribution in [0.25, 0.3) is 0 Å². The van der Waals surface area contributed by atoms with E-state index in [-0.39, 0.29) is 47.7 Å². The van der Waals surface area contributed by atoms with Gasteiger partial charge in [0.15, 0.2) is 0 Å². The Hall–Kier alpha value is -5.88. The summed E-state index contributed by atoms with van der Waals surface area (Å²) in [6.07, 6.45) is 5.02. The Bertz CT molecular complexity index is 2150. The first-order chi connectivity index (χ1) is 27.7. The van der Waals surface area contributed by atoms with Crippen LogP contribution in [0.1, 0.15) is 90.0 Å². The van der Waals surface area contributed by atoms with Crippen LogP contribution < -0.4 is 25.2 Å².